The van der Waals surface area contributed by atoms with E-state index in [9.17, 15) is 26.4 Å². The van der Waals surface area contributed by atoms with Gasteiger partial charge in [-0.05, 0) is 29.8 Å². The third-order valence-electron chi connectivity index (χ3n) is 3.72. The highest BCUT2D eigenvalue weighted by Gasteiger charge is 2.28. The SMILES string of the molecule is O=C1Cc2cc(S(=O)(=O)Nc3ccccc3NCC(F)(F)F)c(Cl)cc2N1. The number of rotatable bonds is 5. The van der Waals surface area contributed by atoms with Crippen LogP contribution >= 0.6 is 11.6 Å². The van der Waals surface area contributed by atoms with E-state index in [0.717, 1.165) is 0 Å². The highest BCUT2D eigenvalue weighted by molar-refractivity contribution is 7.92. The minimum atomic E-state index is -4.46. The third-order valence-corrected chi connectivity index (χ3v) is 5.55. The van der Waals surface area contributed by atoms with Gasteiger partial charge in [0.05, 0.1) is 22.8 Å². The molecule has 0 spiro atoms. The molecule has 1 aliphatic rings. The summed E-state index contributed by atoms with van der Waals surface area (Å²) in [4.78, 5) is 11.2. The minimum Gasteiger partial charge on any atom is -0.375 e. The number of hydrogen-bond acceptors (Lipinski definition) is 4. The van der Waals surface area contributed by atoms with E-state index in [1.807, 2.05) is 0 Å². The fraction of sp³-hybridized carbons (Fsp3) is 0.188. The maximum Gasteiger partial charge on any atom is 0.405 e. The van der Waals surface area contributed by atoms with Gasteiger partial charge in [-0.1, -0.05) is 23.7 Å². The van der Waals surface area contributed by atoms with Crippen LogP contribution in [-0.2, 0) is 21.2 Å². The van der Waals surface area contributed by atoms with Crippen molar-refractivity contribution in [3.05, 3.63) is 47.0 Å². The quantitative estimate of drug-likeness (QED) is 0.691. The first kappa shape index (κ1) is 19.3. The number of sulfonamides is 1. The van der Waals surface area contributed by atoms with Crippen LogP contribution in [0.15, 0.2) is 41.3 Å². The molecule has 2 aromatic carbocycles. The van der Waals surface area contributed by atoms with Gasteiger partial charge in [0.1, 0.15) is 11.4 Å². The van der Waals surface area contributed by atoms with E-state index in [-0.39, 0.29) is 33.6 Å². The molecule has 144 valence electrons. The molecule has 3 N–H and O–H groups in total. The van der Waals surface area contributed by atoms with Crippen LogP contribution in [0.4, 0.5) is 30.2 Å². The summed E-state index contributed by atoms with van der Waals surface area (Å²) in [6.45, 7) is -1.32. The van der Waals surface area contributed by atoms with Gasteiger partial charge in [-0.2, -0.15) is 13.2 Å². The van der Waals surface area contributed by atoms with Gasteiger partial charge in [0.2, 0.25) is 5.91 Å². The maximum atomic E-state index is 12.7. The molecule has 0 radical (unpaired) electrons. The fourth-order valence-corrected chi connectivity index (χ4v) is 4.21. The number of para-hydroxylation sites is 2. The molecule has 0 aliphatic carbocycles. The van der Waals surface area contributed by atoms with Gasteiger partial charge < -0.3 is 10.6 Å². The lowest BCUT2D eigenvalue weighted by Gasteiger charge is -2.16. The predicted octanol–water partition coefficient (Wildman–Crippen LogP) is 3.61. The van der Waals surface area contributed by atoms with Gasteiger partial charge in [-0.15, -0.1) is 0 Å². The van der Waals surface area contributed by atoms with Crippen molar-refractivity contribution < 1.29 is 26.4 Å². The van der Waals surface area contributed by atoms with E-state index in [2.05, 4.69) is 15.4 Å². The third kappa shape index (κ3) is 4.45. The van der Waals surface area contributed by atoms with Crippen LogP contribution in [0.25, 0.3) is 0 Å². The van der Waals surface area contributed by atoms with Gasteiger partial charge in [-0.25, -0.2) is 8.42 Å². The Hall–Kier alpha value is -2.46. The van der Waals surface area contributed by atoms with Crippen molar-refractivity contribution in [1.82, 2.24) is 0 Å². The van der Waals surface area contributed by atoms with Crippen molar-refractivity contribution in [1.29, 1.82) is 0 Å². The summed E-state index contributed by atoms with van der Waals surface area (Å²) < 4.78 is 65.0. The molecule has 11 heteroatoms. The average molecular weight is 420 g/mol. The Morgan fingerprint density at radius 3 is 2.48 bits per heavy atom. The molecule has 0 aromatic heterocycles. The van der Waals surface area contributed by atoms with E-state index in [1.165, 1.54) is 36.4 Å². The first-order valence-corrected chi connectivity index (χ1v) is 9.46. The number of carbonyl (C=O) groups excluding carboxylic acids is 1. The standard InChI is InChI=1S/C16H13ClF3N3O3S/c17-10-7-13-9(6-15(24)22-13)5-14(10)27(25,26)23-12-4-2-1-3-11(12)21-8-16(18,19)20/h1-5,7,21,23H,6,8H2,(H,22,24). The van der Waals surface area contributed by atoms with Crippen molar-refractivity contribution in [2.75, 3.05) is 21.9 Å². The second-order valence-corrected chi connectivity index (χ2v) is 7.84. The molecule has 2 aromatic rings. The number of carbonyl (C=O) groups is 1. The highest BCUT2D eigenvalue weighted by Crippen LogP contribution is 2.34. The number of amides is 1. The molecular formula is C16H13ClF3N3O3S. The lowest BCUT2D eigenvalue weighted by molar-refractivity contribution is -0.115. The zero-order chi connectivity index (χ0) is 19.8. The minimum absolute atomic E-state index is 0.0126. The molecule has 0 unspecified atom stereocenters. The lowest BCUT2D eigenvalue weighted by Crippen LogP contribution is -2.22. The van der Waals surface area contributed by atoms with Crippen LogP contribution in [0.1, 0.15) is 5.56 Å². The summed E-state index contributed by atoms with van der Waals surface area (Å²) in [6.07, 6.45) is -4.45. The topological polar surface area (TPSA) is 87.3 Å². The van der Waals surface area contributed by atoms with Crippen LogP contribution in [0.2, 0.25) is 5.02 Å². The zero-order valence-electron chi connectivity index (χ0n) is 13.5. The molecule has 0 fully saturated rings. The first-order chi connectivity index (χ1) is 12.5. The summed E-state index contributed by atoms with van der Waals surface area (Å²) in [5, 5.41) is 4.58. The highest BCUT2D eigenvalue weighted by atomic mass is 35.5. The van der Waals surface area contributed by atoms with Gasteiger partial charge in [0.25, 0.3) is 10.0 Å². The van der Waals surface area contributed by atoms with Gasteiger partial charge in [-0.3, -0.25) is 9.52 Å². The van der Waals surface area contributed by atoms with Gasteiger partial charge >= 0.3 is 6.18 Å². The molecule has 0 atom stereocenters. The predicted molar refractivity (Wildman–Crippen MR) is 95.6 cm³/mol. The Kier molecular flexibility index (Phi) is 4.96. The summed E-state index contributed by atoms with van der Waals surface area (Å²) in [6, 6.07) is 8.17. The Balaban J connectivity index is 1.90. The first-order valence-electron chi connectivity index (χ1n) is 7.60. The Bertz CT molecular complexity index is 1010. The molecule has 0 saturated heterocycles. The second-order valence-electron chi connectivity index (χ2n) is 5.78. The Labute approximate surface area is 157 Å². The average Bonchev–Trinajstić information content (AvgIpc) is 2.91. The maximum absolute atomic E-state index is 12.7. The summed E-state index contributed by atoms with van der Waals surface area (Å²) in [7, 11) is -4.20. The number of fused-ring (bicyclic) bond motifs is 1. The van der Waals surface area contributed by atoms with Crippen molar-refractivity contribution in [2.24, 2.45) is 0 Å². The molecule has 6 nitrogen and oxygen atoms in total. The van der Waals surface area contributed by atoms with E-state index >= 15 is 0 Å². The second kappa shape index (κ2) is 6.93. The molecule has 1 heterocycles. The van der Waals surface area contributed by atoms with E-state index in [0.29, 0.717) is 11.3 Å². The lowest BCUT2D eigenvalue weighted by atomic mass is 10.2. The Morgan fingerprint density at radius 1 is 1.15 bits per heavy atom. The normalized spacial score (nSPS) is 13.9. The molecule has 3 rings (SSSR count). The van der Waals surface area contributed by atoms with Gasteiger partial charge in [0, 0.05) is 5.69 Å². The molecule has 1 aliphatic heterocycles. The van der Waals surface area contributed by atoms with Gasteiger partial charge in [0.15, 0.2) is 0 Å². The number of benzene rings is 2. The number of hydrogen-bond donors (Lipinski definition) is 3. The van der Waals surface area contributed by atoms with Crippen LogP contribution in [-0.4, -0.2) is 27.0 Å². The van der Waals surface area contributed by atoms with Crippen molar-refractivity contribution >= 4 is 44.6 Å². The Morgan fingerprint density at radius 2 is 1.81 bits per heavy atom. The van der Waals surface area contributed by atoms with Crippen molar-refractivity contribution in [3.63, 3.8) is 0 Å². The molecule has 0 saturated carbocycles. The summed E-state index contributed by atoms with van der Waals surface area (Å²) >= 11 is 6.03. The van der Waals surface area contributed by atoms with Crippen molar-refractivity contribution in [2.45, 2.75) is 17.5 Å². The smallest absolute Gasteiger partial charge is 0.375 e. The number of anilines is 3. The fourth-order valence-electron chi connectivity index (χ4n) is 2.55. The van der Waals surface area contributed by atoms with Crippen LogP contribution < -0.4 is 15.4 Å². The molecule has 0 bridgehead atoms. The number of nitrogens with one attached hydrogen (secondary N) is 3. The van der Waals surface area contributed by atoms with Crippen LogP contribution in [0.5, 0.6) is 0 Å². The van der Waals surface area contributed by atoms with E-state index in [4.69, 9.17) is 11.6 Å². The summed E-state index contributed by atoms with van der Waals surface area (Å²) in [5.41, 5.74) is 0.796. The molecular weight excluding hydrogens is 407 g/mol. The molecule has 1 amide bonds. The summed E-state index contributed by atoms with van der Waals surface area (Å²) in [5.74, 6) is -0.287. The van der Waals surface area contributed by atoms with Crippen LogP contribution in [0.3, 0.4) is 0 Å². The van der Waals surface area contributed by atoms with Crippen molar-refractivity contribution in [3.8, 4) is 0 Å². The van der Waals surface area contributed by atoms with E-state index in [1.54, 1.807) is 0 Å². The van der Waals surface area contributed by atoms with E-state index < -0.39 is 22.7 Å². The molecule has 27 heavy (non-hydrogen) atoms. The monoisotopic (exact) mass is 419 g/mol. The number of halogens is 4. The number of alkyl halides is 3. The largest absolute Gasteiger partial charge is 0.405 e. The zero-order valence-corrected chi connectivity index (χ0v) is 15.1. The van der Waals surface area contributed by atoms with Crippen LogP contribution in [0, 0.1) is 0 Å².